The standard InChI is InChI=1S/C21H18O3/c1-4-14-15(6-5-7-16(14)20(23)24)13-8-9-18-17(12-13)19(22)10-11-21(18,2)3/h1,5-9,12H,10-11H2,2-3H3,(H,23,24). The summed E-state index contributed by atoms with van der Waals surface area (Å²) in [6.07, 6.45) is 6.92. The first-order chi connectivity index (χ1) is 11.3. The van der Waals surface area contributed by atoms with Crippen molar-refractivity contribution in [1.29, 1.82) is 0 Å². The molecule has 0 saturated carbocycles. The summed E-state index contributed by atoms with van der Waals surface area (Å²) in [6, 6.07) is 10.7. The monoisotopic (exact) mass is 318 g/mol. The highest BCUT2D eigenvalue weighted by Crippen LogP contribution is 2.39. The summed E-state index contributed by atoms with van der Waals surface area (Å²) >= 11 is 0. The molecule has 3 nitrogen and oxygen atoms in total. The molecule has 1 aliphatic rings. The molecule has 0 atom stereocenters. The number of rotatable bonds is 2. The van der Waals surface area contributed by atoms with Crippen molar-refractivity contribution in [2.45, 2.75) is 32.1 Å². The topological polar surface area (TPSA) is 54.4 Å². The Bertz CT molecular complexity index is 898. The van der Waals surface area contributed by atoms with Crippen LogP contribution in [0.2, 0.25) is 0 Å². The van der Waals surface area contributed by atoms with E-state index in [0.29, 0.717) is 23.1 Å². The van der Waals surface area contributed by atoms with Crippen molar-refractivity contribution in [3.05, 3.63) is 58.7 Å². The maximum Gasteiger partial charge on any atom is 0.336 e. The van der Waals surface area contributed by atoms with Gasteiger partial charge in [-0.15, -0.1) is 6.42 Å². The second-order valence-corrected chi connectivity index (χ2v) is 6.75. The number of terminal acetylenes is 1. The molecule has 0 fully saturated rings. The Morgan fingerprint density at radius 1 is 1.21 bits per heavy atom. The fraction of sp³-hybridized carbons (Fsp3) is 0.238. The normalized spacial score (nSPS) is 15.5. The lowest BCUT2D eigenvalue weighted by Crippen LogP contribution is -2.27. The molecule has 0 bridgehead atoms. The molecule has 0 spiro atoms. The maximum atomic E-state index is 12.4. The fourth-order valence-electron chi connectivity index (χ4n) is 3.35. The van der Waals surface area contributed by atoms with Crippen LogP contribution in [0, 0.1) is 12.3 Å². The quantitative estimate of drug-likeness (QED) is 0.841. The van der Waals surface area contributed by atoms with Crippen molar-refractivity contribution in [2.75, 3.05) is 0 Å². The van der Waals surface area contributed by atoms with E-state index in [9.17, 15) is 14.7 Å². The van der Waals surface area contributed by atoms with Gasteiger partial charge in [-0.25, -0.2) is 4.79 Å². The zero-order chi connectivity index (χ0) is 17.5. The van der Waals surface area contributed by atoms with Crippen LogP contribution in [0.4, 0.5) is 0 Å². The molecular weight excluding hydrogens is 300 g/mol. The summed E-state index contributed by atoms with van der Waals surface area (Å²) in [4.78, 5) is 23.7. The number of carbonyl (C=O) groups is 2. The van der Waals surface area contributed by atoms with Crippen LogP contribution in [0.3, 0.4) is 0 Å². The smallest absolute Gasteiger partial charge is 0.336 e. The van der Waals surface area contributed by atoms with E-state index < -0.39 is 5.97 Å². The number of Topliss-reactive ketones (excluding diaryl/α,β-unsaturated/α-hetero) is 1. The fourth-order valence-corrected chi connectivity index (χ4v) is 3.35. The molecule has 0 aromatic heterocycles. The molecule has 3 rings (SSSR count). The van der Waals surface area contributed by atoms with Crippen LogP contribution in [0.15, 0.2) is 36.4 Å². The predicted octanol–water partition coefficient (Wildman–Crippen LogP) is 4.29. The molecule has 1 N–H and O–H groups in total. The largest absolute Gasteiger partial charge is 0.478 e. The van der Waals surface area contributed by atoms with E-state index >= 15 is 0 Å². The average molecular weight is 318 g/mol. The van der Waals surface area contributed by atoms with Crippen molar-refractivity contribution in [1.82, 2.24) is 0 Å². The van der Waals surface area contributed by atoms with Gasteiger partial charge >= 0.3 is 5.97 Å². The number of hydrogen-bond donors (Lipinski definition) is 1. The Balaban J connectivity index is 2.22. The van der Waals surface area contributed by atoms with Gasteiger partial charge in [0.1, 0.15) is 0 Å². The Morgan fingerprint density at radius 2 is 1.96 bits per heavy atom. The number of carbonyl (C=O) groups excluding carboxylic acids is 1. The van der Waals surface area contributed by atoms with Crippen molar-refractivity contribution in [2.24, 2.45) is 0 Å². The van der Waals surface area contributed by atoms with Gasteiger partial charge in [-0.3, -0.25) is 4.79 Å². The lowest BCUT2D eigenvalue weighted by Gasteiger charge is -2.32. The molecule has 2 aromatic carbocycles. The molecular formula is C21H18O3. The number of ketones is 1. The van der Waals surface area contributed by atoms with E-state index in [1.165, 1.54) is 6.07 Å². The van der Waals surface area contributed by atoms with Crippen LogP contribution in [0.25, 0.3) is 11.1 Å². The van der Waals surface area contributed by atoms with Gasteiger partial charge in [0.05, 0.1) is 5.56 Å². The maximum absolute atomic E-state index is 12.4. The zero-order valence-corrected chi connectivity index (χ0v) is 13.7. The average Bonchev–Trinajstić information content (AvgIpc) is 2.57. The Morgan fingerprint density at radius 3 is 2.62 bits per heavy atom. The number of benzene rings is 2. The SMILES string of the molecule is C#Cc1c(C(=O)O)cccc1-c1ccc2c(c1)C(=O)CCC2(C)C. The molecule has 2 aromatic rings. The van der Waals surface area contributed by atoms with Gasteiger partial charge in [0.25, 0.3) is 0 Å². The van der Waals surface area contributed by atoms with Crippen molar-refractivity contribution < 1.29 is 14.7 Å². The van der Waals surface area contributed by atoms with E-state index in [1.807, 2.05) is 18.2 Å². The van der Waals surface area contributed by atoms with E-state index in [-0.39, 0.29) is 16.8 Å². The van der Waals surface area contributed by atoms with Gasteiger partial charge in [-0.1, -0.05) is 44.0 Å². The summed E-state index contributed by atoms with van der Waals surface area (Å²) in [5, 5.41) is 9.32. The van der Waals surface area contributed by atoms with Crippen LogP contribution in [-0.4, -0.2) is 16.9 Å². The Labute approximate surface area is 141 Å². The first kappa shape index (κ1) is 16.0. The summed E-state index contributed by atoms with van der Waals surface area (Å²) in [5.41, 5.74) is 3.59. The van der Waals surface area contributed by atoms with Crippen molar-refractivity contribution in [3.63, 3.8) is 0 Å². The molecule has 1 aliphatic carbocycles. The van der Waals surface area contributed by atoms with Crippen molar-refractivity contribution >= 4 is 11.8 Å². The Kier molecular flexibility index (Phi) is 3.77. The number of fused-ring (bicyclic) bond motifs is 1. The first-order valence-corrected chi connectivity index (χ1v) is 7.86. The zero-order valence-electron chi connectivity index (χ0n) is 13.7. The summed E-state index contributed by atoms with van der Waals surface area (Å²) in [6.45, 7) is 4.27. The molecule has 0 radical (unpaired) electrons. The van der Waals surface area contributed by atoms with Gasteiger partial charge in [0, 0.05) is 17.5 Å². The van der Waals surface area contributed by atoms with Crippen LogP contribution in [-0.2, 0) is 5.41 Å². The highest BCUT2D eigenvalue weighted by molar-refractivity contribution is 6.01. The second kappa shape index (κ2) is 5.65. The predicted molar refractivity (Wildman–Crippen MR) is 93.4 cm³/mol. The van der Waals surface area contributed by atoms with Crippen LogP contribution < -0.4 is 0 Å². The second-order valence-electron chi connectivity index (χ2n) is 6.75. The van der Waals surface area contributed by atoms with Gasteiger partial charge < -0.3 is 5.11 Å². The molecule has 0 heterocycles. The van der Waals surface area contributed by atoms with E-state index in [1.54, 1.807) is 12.1 Å². The molecule has 0 saturated heterocycles. The van der Waals surface area contributed by atoms with E-state index in [2.05, 4.69) is 19.8 Å². The number of carboxylic acid groups (broad SMARTS) is 1. The van der Waals surface area contributed by atoms with Gasteiger partial charge in [-0.05, 0) is 40.7 Å². The van der Waals surface area contributed by atoms with E-state index in [4.69, 9.17) is 6.42 Å². The third-order valence-electron chi connectivity index (χ3n) is 4.78. The first-order valence-electron chi connectivity index (χ1n) is 7.86. The van der Waals surface area contributed by atoms with Gasteiger partial charge in [0.2, 0.25) is 0 Å². The highest BCUT2D eigenvalue weighted by atomic mass is 16.4. The third kappa shape index (κ3) is 2.51. The molecule has 0 unspecified atom stereocenters. The van der Waals surface area contributed by atoms with Crippen LogP contribution in [0.1, 0.15) is 58.5 Å². The molecule has 3 heteroatoms. The summed E-state index contributed by atoms with van der Waals surface area (Å²) in [7, 11) is 0. The third-order valence-corrected chi connectivity index (χ3v) is 4.78. The minimum absolute atomic E-state index is 0.0420. The van der Waals surface area contributed by atoms with Crippen LogP contribution in [0.5, 0.6) is 0 Å². The van der Waals surface area contributed by atoms with Gasteiger partial charge in [-0.2, -0.15) is 0 Å². The minimum Gasteiger partial charge on any atom is -0.478 e. The minimum atomic E-state index is -1.06. The molecule has 0 amide bonds. The van der Waals surface area contributed by atoms with Crippen molar-refractivity contribution in [3.8, 4) is 23.5 Å². The number of aromatic carboxylic acids is 1. The summed E-state index contributed by atoms with van der Waals surface area (Å²) < 4.78 is 0. The lowest BCUT2D eigenvalue weighted by molar-refractivity contribution is 0.0696. The molecule has 0 aliphatic heterocycles. The van der Waals surface area contributed by atoms with Crippen LogP contribution >= 0.6 is 0 Å². The number of hydrogen-bond acceptors (Lipinski definition) is 2. The van der Waals surface area contributed by atoms with E-state index in [0.717, 1.165) is 17.5 Å². The Hall–Kier alpha value is -2.86. The summed E-state index contributed by atoms with van der Waals surface area (Å²) in [5.74, 6) is 1.56. The lowest BCUT2D eigenvalue weighted by atomic mass is 9.71. The van der Waals surface area contributed by atoms with Gasteiger partial charge in [0.15, 0.2) is 5.78 Å². The molecule has 120 valence electrons. The molecule has 24 heavy (non-hydrogen) atoms. The number of carboxylic acids is 1. The highest BCUT2D eigenvalue weighted by Gasteiger charge is 2.31.